The molecule has 0 saturated heterocycles. The molecule has 0 bridgehead atoms. The number of ketones is 1. The first-order chi connectivity index (χ1) is 48.8. The molecule has 25 heteroatoms. The van der Waals surface area contributed by atoms with Gasteiger partial charge in [-0.3, -0.25) is 24.1 Å². The standard InChI is InChI=1S/C18H22FNO4.C17H20FNO4.C17H19FO3.C15H15FO4.C12H9FO3/c1-18(2,22-4)15-11-13(10-12-6-8-14(19)9-7-12)16(24-15)17(21)20(3)23-5;1-17(2,21)14-10-12(9-11-5-7-13(18)8-6-11)15(23-14)16(20)19(3)22-4;1-11(19)16-13(9-12-5-7-14(18)8-6-12)10-15(21-16)17(2,3)20-4;1-15(2,19)12-8-10(13(20-12)14(17)18)7-9-3-5-11(16)6-4-9;13-10-3-1-8(2-4-10)7-9-5-6-16-11(9)12(14)15/h6-9,11H,10H2,1-5H3;5-8,10,21H,9H2,1-4H3;5-8,10H,9H2,1-4H3;3-6,8,19H,7H2,1-2H3,(H,17,18);1-6H,7H2,(H,14,15). The Kier molecular flexibility index (Phi) is 28.6. The number of carboxylic acids is 2. The van der Waals surface area contributed by atoms with E-state index >= 15 is 0 Å². The van der Waals surface area contributed by atoms with Gasteiger partial charge in [0.05, 0.1) is 20.5 Å². The maximum absolute atomic E-state index is 13.1. The van der Waals surface area contributed by atoms with E-state index in [0.717, 1.165) is 43.5 Å². The maximum atomic E-state index is 13.1. The summed E-state index contributed by atoms with van der Waals surface area (Å²) in [5.74, 6) is -2.90. The number of aliphatic hydroxyl groups is 2. The smallest absolute Gasteiger partial charge is 0.372 e. The monoisotopic (exact) mass is 1440 g/mol. The van der Waals surface area contributed by atoms with Crippen LogP contribution in [0.15, 0.2) is 180 Å². The Bertz CT molecular complexity index is 4470. The Labute approximate surface area is 598 Å². The van der Waals surface area contributed by atoms with Gasteiger partial charge in [-0.15, -0.1) is 0 Å². The first-order valence-corrected chi connectivity index (χ1v) is 32.3. The van der Waals surface area contributed by atoms with Gasteiger partial charge in [0.2, 0.25) is 11.5 Å². The predicted octanol–water partition coefficient (Wildman–Crippen LogP) is 16.1. The summed E-state index contributed by atoms with van der Waals surface area (Å²) < 4.78 is 102. The van der Waals surface area contributed by atoms with Gasteiger partial charge in [0, 0.05) is 95.2 Å². The Hall–Kier alpha value is -10.5. The highest BCUT2D eigenvalue weighted by molar-refractivity contribution is 5.94. The van der Waals surface area contributed by atoms with Crippen LogP contribution in [-0.4, -0.2) is 103 Å². The van der Waals surface area contributed by atoms with E-state index in [1.54, 1.807) is 107 Å². The van der Waals surface area contributed by atoms with E-state index in [0.29, 0.717) is 71.6 Å². The number of benzene rings is 5. The fourth-order valence-corrected chi connectivity index (χ4v) is 9.70. The normalized spacial score (nSPS) is 11.4. The molecule has 0 atom stereocenters. The van der Waals surface area contributed by atoms with Crippen molar-refractivity contribution in [2.24, 2.45) is 0 Å². The van der Waals surface area contributed by atoms with Crippen LogP contribution < -0.4 is 0 Å². The molecule has 104 heavy (non-hydrogen) atoms. The topological polar surface area (TPSA) is 275 Å². The molecular weight excluding hydrogens is 1360 g/mol. The molecule has 0 spiro atoms. The zero-order valence-corrected chi connectivity index (χ0v) is 60.3. The molecule has 4 N–H and O–H groups in total. The van der Waals surface area contributed by atoms with Crippen LogP contribution in [0.25, 0.3) is 0 Å². The number of halogens is 5. The SMILES string of the molecule is CC(C)(O)c1cc(Cc2ccc(F)cc2)c(C(=O)O)o1.COC(C)(C)c1cc(Cc2ccc(F)cc2)c(C(C)=O)o1.CON(C)C(=O)c1oc(C(C)(C)O)cc1Cc1ccc(F)cc1.CON(C)C(=O)c1oc(C(C)(C)OC)cc1Cc1ccc(F)cc1.O=C(O)c1occc1Cc1ccc(F)cc1. The Morgan fingerprint density at radius 1 is 0.375 bits per heavy atom. The molecule has 5 heterocycles. The number of hydroxylamine groups is 4. The highest BCUT2D eigenvalue weighted by Gasteiger charge is 2.33. The van der Waals surface area contributed by atoms with E-state index in [1.165, 1.54) is 122 Å². The quantitative estimate of drug-likeness (QED) is 0.0263. The lowest BCUT2D eigenvalue weighted by Gasteiger charge is -2.19. The molecule has 10 aromatic rings. The zero-order chi connectivity index (χ0) is 77.2. The lowest BCUT2D eigenvalue weighted by atomic mass is 10.0. The highest BCUT2D eigenvalue weighted by atomic mass is 19.1. The number of carbonyl (C=O) groups excluding carboxylic acids is 3. The number of amides is 2. The first-order valence-electron chi connectivity index (χ1n) is 32.3. The lowest BCUT2D eigenvalue weighted by molar-refractivity contribution is -0.0779. The molecule has 0 aliphatic rings. The summed E-state index contributed by atoms with van der Waals surface area (Å²) in [4.78, 5) is 68.4. The van der Waals surface area contributed by atoms with Crippen LogP contribution in [0.4, 0.5) is 22.0 Å². The molecule has 0 radical (unpaired) electrons. The molecule has 0 unspecified atom stereocenters. The number of carboxylic acid groups (broad SMARTS) is 2. The second kappa shape index (κ2) is 36.1. The second-order valence-electron chi connectivity index (χ2n) is 25.8. The van der Waals surface area contributed by atoms with Gasteiger partial charge in [0.15, 0.2) is 23.1 Å². The number of aromatic carboxylic acids is 2. The number of hydrogen-bond donors (Lipinski definition) is 4. The molecule has 10 rings (SSSR count). The molecule has 5 aromatic heterocycles. The average molecular weight is 1450 g/mol. The Balaban J connectivity index is 0.000000205. The van der Waals surface area contributed by atoms with Crippen LogP contribution in [-0.2, 0) is 73.7 Å². The molecule has 0 saturated carbocycles. The fraction of sp³-hybridized carbons (Fsp3) is 0.304. The van der Waals surface area contributed by atoms with Gasteiger partial charge >= 0.3 is 23.8 Å². The number of methoxy groups -OCH3 is 2. The summed E-state index contributed by atoms with van der Waals surface area (Å²) in [6, 6.07) is 38.4. The number of Topliss-reactive ketones (excluding diaryl/α,β-unsaturated/α-hetero) is 1. The third kappa shape index (κ3) is 23.2. The number of hydrogen-bond acceptors (Lipinski definition) is 16. The van der Waals surface area contributed by atoms with Gasteiger partial charge in [-0.2, -0.15) is 0 Å². The fourth-order valence-electron chi connectivity index (χ4n) is 9.70. The maximum Gasteiger partial charge on any atom is 0.372 e. The average Bonchev–Trinajstić information content (AvgIpc) is 1.67. The van der Waals surface area contributed by atoms with Gasteiger partial charge in [0.1, 0.15) is 74.5 Å². The molecule has 0 aliphatic heterocycles. The van der Waals surface area contributed by atoms with Gasteiger partial charge in [-0.1, -0.05) is 60.7 Å². The molecule has 0 aliphatic carbocycles. The minimum Gasteiger partial charge on any atom is -0.475 e. The summed E-state index contributed by atoms with van der Waals surface area (Å²) in [7, 11) is 8.92. The summed E-state index contributed by atoms with van der Waals surface area (Å²) in [6.07, 6.45) is 3.36. The number of nitrogens with zero attached hydrogens (tertiary/aromatic N) is 2. The minimum absolute atomic E-state index is 0.0654. The van der Waals surface area contributed by atoms with Crippen LogP contribution in [0, 0.1) is 29.1 Å². The molecular formula is C79H85F5N2O18. The summed E-state index contributed by atoms with van der Waals surface area (Å²) in [5.41, 5.74) is 3.55. The van der Waals surface area contributed by atoms with Crippen molar-refractivity contribution in [2.45, 2.75) is 117 Å². The van der Waals surface area contributed by atoms with Crippen molar-refractivity contribution in [3.05, 3.63) is 294 Å². The summed E-state index contributed by atoms with van der Waals surface area (Å²) in [6.45, 7) is 15.1. The Morgan fingerprint density at radius 2 is 0.625 bits per heavy atom. The van der Waals surface area contributed by atoms with Crippen LogP contribution in [0.5, 0.6) is 0 Å². The zero-order valence-electron chi connectivity index (χ0n) is 60.3. The molecule has 5 aromatic carbocycles. The van der Waals surface area contributed by atoms with E-state index in [9.17, 15) is 56.1 Å². The highest BCUT2D eigenvalue weighted by Crippen LogP contribution is 2.34. The number of furan rings is 5. The lowest BCUT2D eigenvalue weighted by Crippen LogP contribution is -2.26. The van der Waals surface area contributed by atoms with Gasteiger partial charge in [-0.05, 0) is 174 Å². The molecule has 554 valence electrons. The van der Waals surface area contributed by atoms with E-state index in [1.807, 2.05) is 33.8 Å². The molecule has 2 amide bonds. The van der Waals surface area contributed by atoms with Gasteiger partial charge in [0.25, 0.3) is 0 Å². The van der Waals surface area contributed by atoms with Crippen molar-refractivity contribution < 1.29 is 108 Å². The third-order valence-electron chi connectivity index (χ3n) is 16.2. The van der Waals surface area contributed by atoms with Gasteiger partial charge < -0.3 is 52.0 Å². The number of ether oxygens (including phenoxy) is 2. The van der Waals surface area contributed by atoms with Crippen molar-refractivity contribution in [3.63, 3.8) is 0 Å². The van der Waals surface area contributed by atoms with E-state index < -0.39 is 46.2 Å². The van der Waals surface area contributed by atoms with Crippen LogP contribution in [0.1, 0.15) is 194 Å². The van der Waals surface area contributed by atoms with Crippen molar-refractivity contribution >= 4 is 29.5 Å². The van der Waals surface area contributed by atoms with E-state index in [2.05, 4.69) is 0 Å². The number of rotatable bonds is 23. The van der Waals surface area contributed by atoms with Crippen LogP contribution in [0.2, 0.25) is 0 Å². The number of carbonyl (C=O) groups is 5. The predicted molar refractivity (Wildman–Crippen MR) is 372 cm³/mol. The summed E-state index contributed by atoms with van der Waals surface area (Å²) >= 11 is 0. The molecule has 20 nitrogen and oxygen atoms in total. The van der Waals surface area contributed by atoms with E-state index in [-0.39, 0.29) is 69.4 Å². The van der Waals surface area contributed by atoms with Crippen LogP contribution in [0.3, 0.4) is 0 Å². The largest absolute Gasteiger partial charge is 0.475 e. The first kappa shape index (κ1) is 82.4. The second-order valence-corrected chi connectivity index (χ2v) is 25.8. The van der Waals surface area contributed by atoms with Crippen LogP contribution >= 0.6 is 0 Å². The third-order valence-corrected chi connectivity index (χ3v) is 16.2. The molecule has 0 fully saturated rings. The van der Waals surface area contributed by atoms with Crippen molar-refractivity contribution in [1.29, 1.82) is 0 Å². The van der Waals surface area contributed by atoms with Gasteiger partial charge in [-0.25, -0.2) is 41.7 Å². The van der Waals surface area contributed by atoms with Crippen molar-refractivity contribution in [2.75, 3.05) is 42.5 Å². The van der Waals surface area contributed by atoms with Crippen molar-refractivity contribution in [1.82, 2.24) is 10.1 Å². The summed E-state index contributed by atoms with van der Waals surface area (Å²) in [5, 5.41) is 40.1. The van der Waals surface area contributed by atoms with E-state index in [4.69, 9.17) is 51.4 Å². The van der Waals surface area contributed by atoms with Crippen molar-refractivity contribution in [3.8, 4) is 0 Å². The Morgan fingerprint density at radius 3 is 0.894 bits per heavy atom. The minimum atomic E-state index is -1.26.